The van der Waals surface area contributed by atoms with Gasteiger partial charge in [-0.05, 0) is 47.5 Å². The highest BCUT2D eigenvalue weighted by atomic mass is 35.5. The zero-order valence-electron chi connectivity index (χ0n) is 18.1. The lowest BCUT2D eigenvalue weighted by Gasteiger charge is -2.12. The summed E-state index contributed by atoms with van der Waals surface area (Å²) >= 11 is 5.93. The van der Waals surface area contributed by atoms with Gasteiger partial charge in [0.1, 0.15) is 24.5 Å². The molecule has 4 aromatic rings. The van der Waals surface area contributed by atoms with Crippen LogP contribution in [0.5, 0.6) is 5.75 Å². The van der Waals surface area contributed by atoms with Crippen molar-refractivity contribution in [3.05, 3.63) is 95.0 Å². The Hall–Kier alpha value is -3.53. The number of hydrogen-bond acceptors (Lipinski definition) is 6. The van der Waals surface area contributed by atoms with Crippen LogP contribution in [0.3, 0.4) is 0 Å². The smallest absolute Gasteiger partial charge is 0.230 e. The first-order valence-corrected chi connectivity index (χ1v) is 12.6. The number of benzene rings is 3. The van der Waals surface area contributed by atoms with E-state index < -0.39 is 15.5 Å². The van der Waals surface area contributed by atoms with Crippen molar-refractivity contribution in [1.82, 2.24) is 15.0 Å². The van der Waals surface area contributed by atoms with E-state index in [1.165, 1.54) is 30.1 Å². The van der Waals surface area contributed by atoms with Crippen molar-refractivity contribution in [3.63, 3.8) is 0 Å². The van der Waals surface area contributed by atoms with Crippen molar-refractivity contribution in [2.75, 3.05) is 11.6 Å². The number of nitrogens with one attached hydrogen (secondary N) is 1. The third kappa shape index (κ3) is 6.50. The van der Waals surface area contributed by atoms with Crippen LogP contribution >= 0.6 is 11.6 Å². The Labute approximate surface area is 202 Å². The van der Waals surface area contributed by atoms with Gasteiger partial charge >= 0.3 is 0 Å². The quantitative estimate of drug-likeness (QED) is 0.362. The molecule has 1 heterocycles. The van der Waals surface area contributed by atoms with Crippen molar-refractivity contribution in [2.24, 2.45) is 5.14 Å². The molecule has 0 fully saturated rings. The Morgan fingerprint density at radius 1 is 1.12 bits per heavy atom. The van der Waals surface area contributed by atoms with Crippen molar-refractivity contribution in [3.8, 4) is 17.1 Å². The zero-order valence-corrected chi connectivity index (χ0v) is 19.7. The number of hydrogen-bond donors (Lipinski definition) is 2. The summed E-state index contributed by atoms with van der Waals surface area (Å²) in [7, 11) is -2.54. The van der Waals surface area contributed by atoms with E-state index in [0.29, 0.717) is 33.4 Å². The molecule has 4 rings (SSSR count). The number of nitrogens with two attached hydrogens (primary N) is 1. The fourth-order valence-corrected chi connectivity index (χ4v) is 3.93. The summed E-state index contributed by atoms with van der Waals surface area (Å²) in [5, 5.41) is 10.8. The monoisotopic (exact) mass is 497 g/mol. The molecule has 0 aliphatic heterocycles. The average molecular weight is 498 g/mol. The van der Waals surface area contributed by atoms with Gasteiger partial charge in [0, 0.05) is 38.1 Å². The highest BCUT2D eigenvalue weighted by Gasteiger charge is 2.13. The van der Waals surface area contributed by atoms with Crippen LogP contribution in [0.4, 0.5) is 16.0 Å². The first-order chi connectivity index (χ1) is 16.2. The van der Waals surface area contributed by atoms with E-state index in [4.69, 9.17) is 21.5 Å². The van der Waals surface area contributed by atoms with E-state index in [9.17, 15) is 8.60 Å². The molecule has 0 bridgehead atoms. The van der Waals surface area contributed by atoms with Gasteiger partial charge < -0.3 is 10.1 Å². The molecule has 0 aliphatic carbocycles. The Morgan fingerprint density at radius 3 is 2.68 bits per heavy atom. The lowest BCUT2D eigenvalue weighted by Crippen LogP contribution is -2.13. The molecule has 0 spiro atoms. The molecule has 0 saturated carbocycles. The molecule has 0 radical (unpaired) electrons. The van der Waals surface area contributed by atoms with Crippen LogP contribution in [0.2, 0.25) is 5.02 Å². The standard InChI is InChI=1S/C24H21ClFN5O2S/c1-34(27,32)14-17-3-2-4-20(11-17)30-24-29-15-28-23(31-24)21-10-9-19(26)12-22(21)33-13-16-5-7-18(25)8-6-16/h2-12,14-15H,13H2,1H3,(H2,27,32)(H,28,29,30,31). The molecule has 10 heteroatoms. The lowest BCUT2D eigenvalue weighted by atomic mass is 10.1. The second-order valence-electron chi connectivity index (χ2n) is 7.52. The number of aromatic nitrogens is 3. The predicted molar refractivity (Wildman–Crippen MR) is 134 cm³/mol. The Balaban J connectivity index is 1.59. The summed E-state index contributed by atoms with van der Waals surface area (Å²) in [4.78, 5) is 12.8. The fraction of sp³-hybridized carbons (Fsp3) is 0.0833. The van der Waals surface area contributed by atoms with Gasteiger partial charge in [-0.25, -0.2) is 14.4 Å². The summed E-state index contributed by atoms with van der Waals surface area (Å²) in [6, 6.07) is 18.5. The molecule has 174 valence electrons. The first-order valence-electron chi connectivity index (χ1n) is 10.1. The third-order valence-electron chi connectivity index (χ3n) is 4.58. The van der Waals surface area contributed by atoms with Crippen LogP contribution < -0.4 is 15.2 Å². The molecule has 3 aromatic carbocycles. The van der Waals surface area contributed by atoms with Gasteiger partial charge in [-0.2, -0.15) is 4.98 Å². The topological polar surface area (TPSA) is 103 Å². The minimum atomic E-state index is -2.54. The van der Waals surface area contributed by atoms with Crippen LogP contribution in [-0.4, -0.2) is 30.8 Å². The average Bonchev–Trinajstić information content (AvgIpc) is 2.78. The molecule has 1 aromatic heterocycles. The molecule has 1 unspecified atom stereocenters. The molecule has 3 N–H and O–H groups in total. The number of halogens is 2. The minimum absolute atomic E-state index is 0.217. The molecular formula is C24H21ClFN5O2S. The van der Waals surface area contributed by atoms with Gasteiger partial charge in [0.05, 0.1) is 5.56 Å². The molecule has 0 amide bonds. The van der Waals surface area contributed by atoms with E-state index in [1.54, 1.807) is 36.4 Å². The first kappa shape index (κ1) is 23.6. The highest BCUT2D eigenvalue weighted by Crippen LogP contribution is 2.30. The van der Waals surface area contributed by atoms with Crippen molar-refractivity contribution in [1.29, 1.82) is 0 Å². The van der Waals surface area contributed by atoms with E-state index in [2.05, 4.69) is 20.3 Å². The van der Waals surface area contributed by atoms with Crippen molar-refractivity contribution < 1.29 is 13.3 Å². The van der Waals surface area contributed by atoms with Gasteiger partial charge in [-0.15, -0.1) is 0 Å². The van der Waals surface area contributed by atoms with Gasteiger partial charge in [-0.3, -0.25) is 9.35 Å². The van der Waals surface area contributed by atoms with Crippen LogP contribution in [0.25, 0.3) is 11.4 Å². The van der Waals surface area contributed by atoms with Gasteiger partial charge in [0.15, 0.2) is 5.82 Å². The lowest BCUT2D eigenvalue weighted by molar-refractivity contribution is 0.306. The largest absolute Gasteiger partial charge is 0.488 e. The fourth-order valence-electron chi connectivity index (χ4n) is 3.12. The predicted octanol–water partition coefficient (Wildman–Crippen LogP) is 4.59. The molecule has 7 nitrogen and oxygen atoms in total. The summed E-state index contributed by atoms with van der Waals surface area (Å²) in [6.07, 6.45) is 2.81. The Bertz CT molecular complexity index is 1430. The number of rotatable bonds is 7. The maximum Gasteiger partial charge on any atom is 0.230 e. The van der Waals surface area contributed by atoms with E-state index >= 15 is 0 Å². The maximum absolute atomic E-state index is 14.0. The zero-order chi connectivity index (χ0) is 24.1. The van der Waals surface area contributed by atoms with Gasteiger partial charge in [0.25, 0.3) is 0 Å². The maximum atomic E-state index is 14.0. The van der Waals surface area contributed by atoms with E-state index in [1.807, 2.05) is 18.2 Å². The van der Waals surface area contributed by atoms with Crippen LogP contribution in [-0.2, 0) is 16.3 Å². The van der Waals surface area contributed by atoms with Crippen LogP contribution in [0.15, 0.2) is 73.1 Å². The molecule has 0 aliphatic rings. The van der Waals surface area contributed by atoms with Crippen molar-refractivity contribution >= 4 is 38.3 Å². The summed E-state index contributed by atoms with van der Waals surface area (Å²) in [5.41, 5.74) is 2.76. The normalized spacial score (nSPS) is 12.6. The summed E-state index contributed by atoms with van der Waals surface area (Å²) < 4.78 is 31.7. The van der Waals surface area contributed by atoms with E-state index in [-0.39, 0.29) is 12.6 Å². The van der Waals surface area contributed by atoms with Crippen LogP contribution in [0.1, 0.15) is 11.1 Å². The summed E-state index contributed by atoms with van der Waals surface area (Å²) in [5.74, 6) is 0.442. The number of ether oxygens (including phenoxy) is 1. The molecule has 34 heavy (non-hydrogen) atoms. The van der Waals surface area contributed by atoms with Crippen molar-refractivity contribution in [2.45, 2.75) is 6.61 Å². The highest BCUT2D eigenvalue weighted by molar-refractivity contribution is 7.98. The Morgan fingerprint density at radius 2 is 1.91 bits per heavy atom. The number of nitrogens with zero attached hydrogens (tertiary/aromatic N) is 3. The molecular weight excluding hydrogens is 477 g/mol. The van der Waals surface area contributed by atoms with Gasteiger partial charge in [-0.1, -0.05) is 35.9 Å². The minimum Gasteiger partial charge on any atom is -0.488 e. The second-order valence-corrected chi connectivity index (χ2v) is 10.1. The summed E-state index contributed by atoms with van der Waals surface area (Å²) in [6.45, 7) is 0.217. The van der Waals surface area contributed by atoms with E-state index in [0.717, 1.165) is 5.56 Å². The molecule has 0 saturated heterocycles. The van der Waals surface area contributed by atoms with Crippen LogP contribution in [0, 0.1) is 5.82 Å². The number of anilines is 2. The second kappa shape index (κ2) is 10.2. The third-order valence-corrected chi connectivity index (χ3v) is 5.57. The SMILES string of the molecule is CS(N)(=O)=Cc1cccc(Nc2ncnc(-c3ccc(F)cc3OCc3ccc(Cl)cc3)n2)c1. The van der Waals surface area contributed by atoms with Gasteiger partial charge in [0.2, 0.25) is 5.95 Å². The Kier molecular flexibility index (Phi) is 7.06. The molecule has 1 atom stereocenters.